The molecule has 5 heteroatoms. The van der Waals surface area contributed by atoms with Gasteiger partial charge in [0.05, 0.1) is 6.61 Å². The number of ether oxygens (including phenoxy) is 1. The first-order valence-corrected chi connectivity index (χ1v) is 7.41. The van der Waals surface area contributed by atoms with Crippen LogP contribution in [0.1, 0.15) is 24.3 Å². The van der Waals surface area contributed by atoms with Crippen LogP contribution in [0.4, 0.5) is 5.69 Å². The Hall–Kier alpha value is -1.85. The molecule has 0 spiro atoms. The second kappa shape index (κ2) is 7.07. The summed E-state index contributed by atoms with van der Waals surface area (Å²) in [5.74, 6) is 0.523. The third kappa shape index (κ3) is 3.82. The molecule has 0 aliphatic heterocycles. The van der Waals surface area contributed by atoms with E-state index < -0.39 is 6.04 Å². The number of hydrogen-bond acceptors (Lipinski definition) is 4. The van der Waals surface area contributed by atoms with E-state index in [1.807, 2.05) is 42.6 Å². The Morgan fingerprint density at radius 2 is 2.25 bits per heavy atom. The summed E-state index contributed by atoms with van der Waals surface area (Å²) in [4.78, 5) is 12.9. The van der Waals surface area contributed by atoms with E-state index in [2.05, 4.69) is 5.32 Å². The summed E-state index contributed by atoms with van der Waals surface area (Å²) in [7, 11) is 0. The molecule has 20 heavy (non-hydrogen) atoms. The third-order valence-corrected chi connectivity index (χ3v) is 3.66. The number of benzene rings is 1. The van der Waals surface area contributed by atoms with E-state index in [0.717, 1.165) is 17.0 Å². The lowest BCUT2D eigenvalue weighted by molar-refractivity contribution is -0.117. The van der Waals surface area contributed by atoms with Crippen LogP contribution < -0.4 is 15.8 Å². The number of hydrogen-bond donors (Lipinski definition) is 2. The first kappa shape index (κ1) is 14.6. The number of nitrogens with one attached hydrogen (secondary N) is 1. The molecule has 0 bridgehead atoms. The zero-order valence-electron chi connectivity index (χ0n) is 11.3. The summed E-state index contributed by atoms with van der Waals surface area (Å²) in [5.41, 5.74) is 6.61. The largest absolute Gasteiger partial charge is 0.494 e. The van der Waals surface area contributed by atoms with Gasteiger partial charge in [-0.05, 0) is 30.0 Å². The van der Waals surface area contributed by atoms with Crippen molar-refractivity contribution in [2.75, 3.05) is 11.9 Å². The number of anilines is 1. The molecule has 1 aromatic heterocycles. The molecule has 4 nitrogen and oxygen atoms in total. The van der Waals surface area contributed by atoms with Gasteiger partial charge in [-0.2, -0.15) is 0 Å². The van der Waals surface area contributed by atoms with Crippen LogP contribution in [0.25, 0.3) is 0 Å². The van der Waals surface area contributed by atoms with E-state index in [9.17, 15) is 4.79 Å². The standard InChI is InChI=1S/C15H18N2O2S/c1-2-8-19-12-6-3-5-11(10-12)17-15(18)14(16)13-7-4-9-20-13/h3-7,9-10,14H,2,8,16H2,1H3,(H,17,18). The number of carbonyl (C=O) groups excluding carboxylic acids is 1. The highest BCUT2D eigenvalue weighted by Gasteiger charge is 2.16. The molecule has 106 valence electrons. The summed E-state index contributed by atoms with van der Waals surface area (Å²) in [5, 5.41) is 4.71. The molecule has 3 N–H and O–H groups in total. The predicted molar refractivity (Wildman–Crippen MR) is 82.1 cm³/mol. The minimum atomic E-state index is -0.643. The van der Waals surface area contributed by atoms with Crippen molar-refractivity contribution in [3.8, 4) is 5.75 Å². The van der Waals surface area contributed by atoms with Gasteiger partial charge in [0.25, 0.3) is 0 Å². The maximum atomic E-state index is 12.1. The maximum Gasteiger partial charge on any atom is 0.246 e. The van der Waals surface area contributed by atoms with Gasteiger partial charge in [0.1, 0.15) is 11.8 Å². The smallest absolute Gasteiger partial charge is 0.246 e. The molecular formula is C15H18N2O2S. The summed E-state index contributed by atoms with van der Waals surface area (Å²) in [6, 6.07) is 10.4. The van der Waals surface area contributed by atoms with Crippen LogP contribution in [0, 0.1) is 0 Å². The lowest BCUT2D eigenvalue weighted by atomic mass is 10.2. The van der Waals surface area contributed by atoms with E-state index in [4.69, 9.17) is 10.5 Å². The lowest BCUT2D eigenvalue weighted by Crippen LogP contribution is -2.26. The fraction of sp³-hybridized carbons (Fsp3) is 0.267. The molecule has 2 aromatic rings. The van der Waals surface area contributed by atoms with Gasteiger partial charge in [-0.1, -0.05) is 19.1 Å². The van der Waals surface area contributed by atoms with Gasteiger partial charge in [-0.3, -0.25) is 4.79 Å². The molecule has 2 rings (SSSR count). The second-order valence-electron chi connectivity index (χ2n) is 4.36. The van der Waals surface area contributed by atoms with Gasteiger partial charge in [0, 0.05) is 16.6 Å². The quantitative estimate of drug-likeness (QED) is 0.859. The van der Waals surface area contributed by atoms with Crippen molar-refractivity contribution in [1.82, 2.24) is 0 Å². The molecule has 1 unspecified atom stereocenters. The average molecular weight is 290 g/mol. The minimum absolute atomic E-state index is 0.222. The number of rotatable bonds is 6. The monoisotopic (exact) mass is 290 g/mol. The van der Waals surface area contributed by atoms with E-state index in [0.29, 0.717) is 12.3 Å². The van der Waals surface area contributed by atoms with Crippen molar-refractivity contribution < 1.29 is 9.53 Å². The van der Waals surface area contributed by atoms with Crippen molar-refractivity contribution in [3.05, 3.63) is 46.7 Å². The van der Waals surface area contributed by atoms with Crippen molar-refractivity contribution in [3.63, 3.8) is 0 Å². The van der Waals surface area contributed by atoms with Crippen LogP contribution in [0.2, 0.25) is 0 Å². The van der Waals surface area contributed by atoms with Crippen LogP contribution in [0.15, 0.2) is 41.8 Å². The Labute approximate surface area is 122 Å². The van der Waals surface area contributed by atoms with Crippen LogP contribution >= 0.6 is 11.3 Å². The van der Waals surface area contributed by atoms with E-state index in [-0.39, 0.29) is 5.91 Å². The second-order valence-corrected chi connectivity index (χ2v) is 5.34. The van der Waals surface area contributed by atoms with Gasteiger partial charge < -0.3 is 15.8 Å². The molecule has 0 saturated carbocycles. The Bertz CT molecular complexity index is 555. The highest BCUT2D eigenvalue weighted by molar-refractivity contribution is 7.10. The topological polar surface area (TPSA) is 64.3 Å². The van der Waals surface area contributed by atoms with Crippen LogP contribution in [-0.4, -0.2) is 12.5 Å². The first-order chi connectivity index (χ1) is 9.70. The number of carbonyl (C=O) groups is 1. The summed E-state index contributed by atoms with van der Waals surface area (Å²) >= 11 is 1.47. The third-order valence-electron chi connectivity index (χ3n) is 2.71. The van der Waals surface area contributed by atoms with E-state index in [1.54, 1.807) is 6.07 Å². The zero-order valence-corrected chi connectivity index (χ0v) is 12.2. The van der Waals surface area contributed by atoms with Gasteiger partial charge in [-0.15, -0.1) is 11.3 Å². The van der Waals surface area contributed by atoms with Crippen LogP contribution in [0.3, 0.4) is 0 Å². The van der Waals surface area contributed by atoms with Gasteiger partial charge in [0.15, 0.2) is 0 Å². The molecule has 1 heterocycles. The fourth-order valence-electron chi connectivity index (χ4n) is 1.70. The highest BCUT2D eigenvalue weighted by Crippen LogP contribution is 2.21. The van der Waals surface area contributed by atoms with E-state index >= 15 is 0 Å². The molecule has 0 aliphatic rings. The fourth-order valence-corrected chi connectivity index (χ4v) is 2.43. The summed E-state index contributed by atoms with van der Waals surface area (Å²) < 4.78 is 5.53. The van der Waals surface area contributed by atoms with Crippen molar-refractivity contribution >= 4 is 22.9 Å². The van der Waals surface area contributed by atoms with Gasteiger partial charge >= 0.3 is 0 Å². The predicted octanol–water partition coefficient (Wildman–Crippen LogP) is 3.18. The number of amides is 1. The molecule has 0 fully saturated rings. The first-order valence-electron chi connectivity index (χ1n) is 6.53. The Kier molecular flexibility index (Phi) is 5.15. The Morgan fingerprint density at radius 3 is 2.95 bits per heavy atom. The van der Waals surface area contributed by atoms with E-state index in [1.165, 1.54) is 11.3 Å². The summed E-state index contributed by atoms with van der Waals surface area (Å²) in [6.45, 7) is 2.71. The normalized spacial score (nSPS) is 11.9. The van der Waals surface area contributed by atoms with Crippen molar-refractivity contribution in [1.29, 1.82) is 0 Å². The zero-order chi connectivity index (χ0) is 14.4. The maximum absolute atomic E-state index is 12.1. The molecule has 0 radical (unpaired) electrons. The number of thiophene rings is 1. The molecular weight excluding hydrogens is 272 g/mol. The van der Waals surface area contributed by atoms with Crippen molar-refractivity contribution in [2.45, 2.75) is 19.4 Å². The van der Waals surface area contributed by atoms with Crippen molar-refractivity contribution in [2.24, 2.45) is 5.73 Å². The Morgan fingerprint density at radius 1 is 1.40 bits per heavy atom. The lowest BCUT2D eigenvalue weighted by Gasteiger charge is -2.12. The minimum Gasteiger partial charge on any atom is -0.494 e. The van der Waals surface area contributed by atoms with Gasteiger partial charge in [0.2, 0.25) is 5.91 Å². The SMILES string of the molecule is CCCOc1cccc(NC(=O)C(N)c2cccs2)c1. The van der Waals surface area contributed by atoms with Gasteiger partial charge in [-0.25, -0.2) is 0 Å². The van der Waals surface area contributed by atoms with Crippen LogP contribution in [-0.2, 0) is 4.79 Å². The molecule has 1 atom stereocenters. The molecule has 0 aliphatic carbocycles. The average Bonchev–Trinajstić information content (AvgIpc) is 2.98. The van der Waals surface area contributed by atoms with Crippen LogP contribution in [0.5, 0.6) is 5.75 Å². The molecule has 1 amide bonds. The number of nitrogens with two attached hydrogens (primary N) is 1. The molecule has 0 saturated heterocycles. The summed E-state index contributed by atoms with van der Waals surface area (Å²) in [6.07, 6.45) is 0.944. The highest BCUT2D eigenvalue weighted by atomic mass is 32.1. The molecule has 1 aromatic carbocycles. The Balaban J connectivity index is 2.00.